The highest BCUT2D eigenvalue weighted by Crippen LogP contribution is 2.23. The van der Waals surface area contributed by atoms with Crippen LogP contribution in [0.5, 0.6) is 0 Å². The molecule has 0 aliphatic carbocycles. The van der Waals surface area contributed by atoms with Gasteiger partial charge in [0.25, 0.3) is 5.91 Å². The summed E-state index contributed by atoms with van der Waals surface area (Å²) in [5, 5.41) is 0. The van der Waals surface area contributed by atoms with Crippen molar-refractivity contribution in [2.45, 2.75) is 45.8 Å². The van der Waals surface area contributed by atoms with E-state index in [0.717, 1.165) is 6.07 Å². The van der Waals surface area contributed by atoms with Gasteiger partial charge < -0.3 is 4.90 Å². The third kappa shape index (κ3) is 4.72. The van der Waals surface area contributed by atoms with Crippen molar-refractivity contribution >= 4 is 5.91 Å². The van der Waals surface area contributed by atoms with Gasteiger partial charge in [0.1, 0.15) is 12.4 Å². The maximum atomic E-state index is 13.8. The Morgan fingerprint density at radius 1 is 1.24 bits per heavy atom. The van der Waals surface area contributed by atoms with Crippen LogP contribution in [-0.4, -0.2) is 29.6 Å². The third-order valence-corrected chi connectivity index (χ3v) is 3.35. The van der Waals surface area contributed by atoms with Crippen LogP contribution < -0.4 is 0 Å². The SMILES string of the molecule is CCC(CC)N(CC(F)(F)F)C(=O)c1ccc(C)cc1F. The molecular weight excluding hydrogens is 286 g/mol. The fraction of sp³-hybridized carbons (Fsp3) is 0.533. The summed E-state index contributed by atoms with van der Waals surface area (Å²) >= 11 is 0. The van der Waals surface area contributed by atoms with Crippen LogP contribution in [0, 0.1) is 12.7 Å². The fourth-order valence-electron chi connectivity index (χ4n) is 2.24. The van der Waals surface area contributed by atoms with Gasteiger partial charge in [-0.3, -0.25) is 4.79 Å². The van der Waals surface area contributed by atoms with E-state index < -0.39 is 30.5 Å². The Morgan fingerprint density at radius 2 is 1.81 bits per heavy atom. The van der Waals surface area contributed by atoms with Crippen molar-refractivity contribution in [2.24, 2.45) is 0 Å². The van der Waals surface area contributed by atoms with Crippen LogP contribution in [0.15, 0.2) is 18.2 Å². The average Bonchev–Trinajstić information content (AvgIpc) is 2.37. The van der Waals surface area contributed by atoms with Gasteiger partial charge in [0.2, 0.25) is 0 Å². The second-order valence-electron chi connectivity index (χ2n) is 5.00. The van der Waals surface area contributed by atoms with Crippen LogP contribution in [0.1, 0.15) is 42.6 Å². The number of rotatable bonds is 5. The number of carbonyl (C=O) groups is 1. The first-order chi connectivity index (χ1) is 9.69. The zero-order valence-electron chi connectivity index (χ0n) is 12.3. The molecule has 0 atom stereocenters. The van der Waals surface area contributed by atoms with Gasteiger partial charge in [0, 0.05) is 6.04 Å². The Morgan fingerprint density at radius 3 is 2.24 bits per heavy atom. The standard InChI is InChI=1S/C15H19F4NO/c1-4-11(5-2)20(9-15(17,18)19)14(21)12-7-6-10(3)8-13(12)16/h6-8,11H,4-5,9H2,1-3H3. The highest BCUT2D eigenvalue weighted by molar-refractivity contribution is 5.94. The Balaban J connectivity index is 3.15. The molecule has 0 bridgehead atoms. The number of aryl methyl sites for hydroxylation is 1. The number of hydrogen-bond acceptors (Lipinski definition) is 1. The van der Waals surface area contributed by atoms with Crippen LogP contribution in [-0.2, 0) is 0 Å². The van der Waals surface area contributed by atoms with E-state index in [1.54, 1.807) is 20.8 Å². The molecule has 0 heterocycles. The summed E-state index contributed by atoms with van der Waals surface area (Å²) in [7, 11) is 0. The van der Waals surface area contributed by atoms with E-state index in [0.29, 0.717) is 23.3 Å². The molecule has 0 saturated heterocycles. The molecular formula is C15H19F4NO. The monoisotopic (exact) mass is 305 g/mol. The van der Waals surface area contributed by atoms with Crippen molar-refractivity contribution < 1.29 is 22.4 Å². The lowest BCUT2D eigenvalue weighted by atomic mass is 10.1. The lowest BCUT2D eigenvalue weighted by Crippen LogP contribution is -2.45. The van der Waals surface area contributed by atoms with Crippen molar-refractivity contribution in [1.82, 2.24) is 4.90 Å². The Kier molecular flexibility index (Phi) is 5.75. The molecule has 6 heteroatoms. The number of carbonyl (C=O) groups excluding carboxylic acids is 1. The van der Waals surface area contributed by atoms with Gasteiger partial charge in [0.05, 0.1) is 5.56 Å². The molecule has 0 aliphatic heterocycles. The smallest absolute Gasteiger partial charge is 0.326 e. The number of nitrogens with zero attached hydrogens (tertiary/aromatic N) is 1. The van der Waals surface area contributed by atoms with Gasteiger partial charge in [-0.25, -0.2) is 4.39 Å². The molecule has 2 nitrogen and oxygen atoms in total. The lowest BCUT2D eigenvalue weighted by molar-refractivity contribution is -0.145. The van der Waals surface area contributed by atoms with Crippen LogP contribution in [0.3, 0.4) is 0 Å². The zero-order valence-corrected chi connectivity index (χ0v) is 12.3. The molecule has 1 rings (SSSR count). The molecule has 1 amide bonds. The van der Waals surface area contributed by atoms with Gasteiger partial charge in [-0.2, -0.15) is 13.2 Å². The molecule has 0 N–H and O–H groups in total. The molecule has 1 aromatic carbocycles. The highest BCUT2D eigenvalue weighted by Gasteiger charge is 2.36. The highest BCUT2D eigenvalue weighted by atomic mass is 19.4. The molecule has 0 spiro atoms. The van der Waals surface area contributed by atoms with Crippen molar-refractivity contribution in [1.29, 1.82) is 0 Å². The third-order valence-electron chi connectivity index (χ3n) is 3.35. The van der Waals surface area contributed by atoms with Crippen molar-refractivity contribution in [3.05, 3.63) is 35.1 Å². The van der Waals surface area contributed by atoms with E-state index in [-0.39, 0.29) is 5.56 Å². The Labute approximate surface area is 121 Å². The molecule has 0 unspecified atom stereocenters. The second-order valence-corrected chi connectivity index (χ2v) is 5.00. The van der Waals surface area contributed by atoms with Gasteiger partial charge >= 0.3 is 6.18 Å². The van der Waals surface area contributed by atoms with Gasteiger partial charge in [-0.15, -0.1) is 0 Å². The molecule has 21 heavy (non-hydrogen) atoms. The second kappa shape index (κ2) is 6.91. The summed E-state index contributed by atoms with van der Waals surface area (Å²) < 4.78 is 51.9. The largest absolute Gasteiger partial charge is 0.406 e. The number of benzene rings is 1. The molecule has 0 aliphatic rings. The van der Waals surface area contributed by atoms with Gasteiger partial charge in [-0.05, 0) is 37.5 Å². The van der Waals surface area contributed by atoms with Crippen LogP contribution in [0.2, 0.25) is 0 Å². The Hall–Kier alpha value is -1.59. The minimum Gasteiger partial charge on any atom is -0.326 e. The first-order valence-corrected chi connectivity index (χ1v) is 6.83. The summed E-state index contributed by atoms with van der Waals surface area (Å²) in [5.41, 5.74) is 0.283. The number of amides is 1. The fourth-order valence-corrected chi connectivity index (χ4v) is 2.24. The van der Waals surface area contributed by atoms with Crippen LogP contribution >= 0.6 is 0 Å². The van der Waals surface area contributed by atoms with Crippen molar-refractivity contribution in [2.75, 3.05) is 6.54 Å². The van der Waals surface area contributed by atoms with E-state index in [4.69, 9.17) is 0 Å². The topological polar surface area (TPSA) is 20.3 Å². The number of halogens is 4. The maximum Gasteiger partial charge on any atom is 0.406 e. The van der Waals surface area contributed by atoms with Gasteiger partial charge in [-0.1, -0.05) is 19.9 Å². The molecule has 0 aromatic heterocycles. The predicted octanol–water partition coefficient (Wildman–Crippen LogP) is 4.33. The summed E-state index contributed by atoms with van der Waals surface area (Å²) in [6.45, 7) is 3.68. The van der Waals surface area contributed by atoms with E-state index in [2.05, 4.69) is 0 Å². The first-order valence-electron chi connectivity index (χ1n) is 6.83. The summed E-state index contributed by atoms with van der Waals surface area (Å²) in [5.74, 6) is -1.71. The van der Waals surface area contributed by atoms with Gasteiger partial charge in [0.15, 0.2) is 0 Å². The summed E-state index contributed by atoms with van der Waals surface area (Å²) in [4.78, 5) is 13.0. The zero-order chi connectivity index (χ0) is 16.2. The lowest BCUT2D eigenvalue weighted by Gasteiger charge is -2.31. The van der Waals surface area contributed by atoms with E-state index >= 15 is 0 Å². The van der Waals surface area contributed by atoms with Crippen molar-refractivity contribution in [3.63, 3.8) is 0 Å². The molecule has 0 saturated carbocycles. The number of alkyl halides is 3. The first kappa shape index (κ1) is 17.5. The average molecular weight is 305 g/mol. The molecule has 1 aromatic rings. The number of hydrogen-bond donors (Lipinski definition) is 0. The van der Waals surface area contributed by atoms with E-state index in [9.17, 15) is 22.4 Å². The quantitative estimate of drug-likeness (QED) is 0.742. The summed E-state index contributed by atoms with van der Waals surface area (Å²) in [6.07, 6.45) is -3.75. The van der Waals surface area contributed by atoms with Crippen molar-refractivity contribution in [3.8, 4) is 0 Å². The van der Waals surface area contributed by atoms with E-state index in [1.165, 1.54) is 12.1 Å². The Bertz CT molecular complexity index is 495. The maximum absolute atomic E-state index is 13.8. The predicted molar refractivity (Wildman–Crippen MR) is 72.6 cm³/mol. The normalized spacial score (nSPS) is 11.8. The molecule has 118 valence electrons. The minimum atomic E-state index is -4.51. The minimum absolute atomic E-state index is 0.322. The molecule has 0 radical (unpaired) electrons. The van der Waals surface area contributed by atoms with E-state index in [1.807, 2.05) is 0 Å². The van der Waals surface area contributed by atoms with Crippen LogP contribution in [0.25, 0.3) is 0 Å². The van der Waals surface area contributed by atoms with Crippen LogP contribution in [0.4, 0.5) is 17.6 Å². The molecule has 0 fully saturated rings. The summed E-state index contributed by atoms with van der Waals surface area (Å²) in [6, 6.07) is 3.32.